The van der Waals surface area contributed by atoms with Gasteiger partial charge in [-0.2, -0.15) is 5.10 Å². The van der Waals surface area contributed by atoms with Crippen molar-refractivity contribution < 1.29 is 9.72 Å². The number of anilines is 1. The second-order valence-electron chi connectivity index (χ2n) is 6.06. The van der Waals surface area contributed by atoms with Crippen LogP contribution in [0.25, 0.3) is 0 Å². The molecule has 1 atom stereocenters. The van der Waals surface area contributed by atoms with E-state index in [4.69, 9.17) is 0 Å². The Labute approximate surface area is 139 Å². The van der Waals surface area contributed by atoms with Crippen LogP contribution in [0.2, 0.25) is 0 Å². The quantitative estimate of drug-likeness (QED) is 0.688. The van der Waals surface area contributed by atoms with Crippen molar-refractivity contribution in [1.82, 2.24) is 14.7 Å². The summed E-state index contributed by atoms with van der Waals surface area (Å²) in [6.07, 6.45) is 5.73. The van der Waals surface area contributed by atoms with Gasteiger partial charge < -0.3 is 10.2 Å². The third-order valence-corrected chi connectivity index (χ3v) is 4.19. The molecule has 8 nitrogen and oxygen atoms in total. The van der Waals surface area contributed by atoms with E-state index in [9.17, 15) is 14.9 Å². The fraction of sp³-hybridized carbons (Fsp3) is 0.375. The molecule has 1 N–H and O–H groups in total. The number of benzene rings is 1. The largest absolute Gasteiger partial charge is 0.324 e. The van der Waals surface area contributed by atoms with Gasteiger partial charge in [0.15, 0.2) is 0 Å². The Kier molecular flexibility index (Phi) is 4.45. The molecule has 0 radical (unpaired) electrons. The zero-order chi connectivity index (χ0) is 17.1. The van der Waals surface area contributed by atoms with E-state index in [1.54, 1.807) is 21.7 Å². The van der Waals surface area contributed by atoms with Gasteiger partial charge in [-0.15, -0.1) is 0 Å². The van der Waals surface area contributed by atoms with Crippen LogP contribution in [0.4, 0.5) is 16.2 Å². The maximum Gasteiger partial charge on any atom is 0.321 e. The number of nitro groups is 1. The number of nitrogens with one attached hydrogen (secondary N) is 1. The molecule has 126 valence electrons. The van der Waals surface area contributed by atoms with Gasteiger partial charge in [0.25, 0.3) is 5.69 Å². The van der Waals surface area contributed by atoms with Crippen LogP contribution in [0.1, 0.15) is 12.0 Å². The number of aromatic nitrogens is 2. The maximum absolute atomic E-state index is 12.3. The summed E-state index contributed by atoms with van der Waals surface area (Å²) >= 11 is 0. The first-order valence-corrected chi connectivity index (χ1v) is 7.79. The van der Waals surface area contributed by atoms with Crippen LogP contribution in [-0.2, 0) is 13.5 Å². The lowest BCUT2D eigenvalue weighted by Crippen LogP contribution is -2.33. The number of likely N-dealkylation sites (tertiary alicyclic amines) is 1. The lowest BCUT2D eigenvalue weighted by Gasteiger charge is -2.17. The summed E-state index contributed by atoms with van der Waals surface area (Å²) in [5.74, 6) is 0.428. The molecule has 0 aliphatic carbocycles. The monoisotopic (exact) mass is 329 g/mol. The SMILES string of the molecule is Cn1cc(C[C@@H]2CCN(C(=O)Nc3ccc([N+](=O)[O-])cc3)C2)cn1. The van der Waals surface area contributed by atoms with Crippen molar-refractivity contribution in [3.63, 3.8) is 0 Å². The second-order valence-corrected chi connectivity index (χ2v) is 6.06. The van der Waals surface area contributed by atoms with E-state index in [1.807, 2.05) is 19.4 Å². The third-order valence-electron chi connectivity index (χ3n) is 4.19. The van der Waals surface area contributed by atoms with Gasteiger partial charge in [0, 0.05) is 44.2 Å². The number of carbonyl (C=O) groups is 1. The lowest BCUT2D eigenvalue weighted by atomic mass is 10.0. The molecule has 2 aromatic rings. The Hall–Kier alpha value is -2.90. The molecule has 1 fully saturated rings. The Morgan fingerprint density at radius 2 is 2.17 bits per heavy atom. The number of hydrogen-bond acceptors (Lipinski definition) is 4. The van der Waals surface area contributed by atoms with Gasteiger partial charge >= 0.3 is 6.03 Å². The number of carbonyl (C=O) groups excluding carboxylic acids is 1. The number of aryl methyl sites for hydroxylation is 1. The summed E-state index contributed by atoms with van der Waals surface area (Å²) in [5.41, 5.74) is 1.74. The molecule has 2 heterocycles. The highest BCUT2D eigenvalue weighted by atomic mass is 16.6. The van der Waals surface area contributed by atoms with Crippen molar-refractivity contribution in [3.05, 3.63) is 52.3 Å². The van der Waals surface area contributed by atoms with Crippen LogP contribution >= 0.6 is 0 Å². The minimum Gasteiger partial charge on any atom is -0.324 e. The summed E-state index contributed by atoms with van der Waals surface area (Å²) in [5, 5.41) is 17.6. The third kappa shape index (κ3) is 3.70. The number of nitro benzene ring substituents is 1. The van der Waals surface area contributed by atoms with Crippen LogP contribution in [0, 0.1) is 16.0 Å². The fourth-order valence-corrected chi connectivity index (χ4v) is 2.96. The van der Waals surface area contributed by atoms with Crippen molar-refractivity contribution in [2.45, 2.75) is 12.8 Å². The van der Waals surface area contributed by atoms with Crippen LogP contribution in [-0.4, -0.2) is 38.7 Å². The summed E-state index contributed by atoms with van der Waals surface area (Å²) in [6, 6.07) is 5.67. The van der Waals surface area contributed by atoms with Gasteiger partial charge in [-0.1, -0.05) is 0 Å². The Bertz CT molecular complexity index is 740. The predicted octanol–water partition coefficient (Wildman–Crippen LogP) is 2.42. The van der Waals surface area contributed by atoms with Gasteiger partial charge in [-0.3, -0.25) is 14.8 Å². The van der Waals surface area contributed by atoms with Gasteiger partial charge in [0.2, 0.25) is 0 Å². The standard InChI is InChI=1S/C16H19N5O3/c1-19-10-13(9-17-19)8-12-6-7-20(11-12)16(22)18-14-2-4-15(5-3-14)21(23)24/h2-5,9-10,12H,6-8,11H2,1H3,(H,18,22)/t12-/m0/s1. The highest BCUT2D eigenvalue weighted by Crippen LogP contribution is 2.22. The molecule has 8 heteroatoms. The number of urea groups is 1. The average Bonchev–Trinajstić information content (AvgIpc) is 3.17. The van der Waals surface area contributed by atoms with Crippen molar-refractivity contribution in [2.24, 2.45) is 13.0 Å². The fourth-order valence-electron chi connectivity index (χ4n) is 2.96. The average molecular weight is 329 g/mol. The molecule has 1 aromatic carbocycles. The van der Waals surface area contributed by atoms with E-state index in [-0.39, 0.29) is 11.7 Å². The van der Waals surface area contributed by atoms with E-state index in [2.05, 4.69) is 10.4 Å². The highest BCUT2D eigenvalue weighted by Gasteiger charge is 2.26. The zero-order valence-electron chi connectivity index (χ0n) is 13.4. The first kappa shape index (κ1) is 16.0. The molecule has 0 bridgehead atoms. The predicted molar refractivity (Wildman–Crippen MR) is 88.7 cm³/mol. The van der Waals surface area contributed by atoms with Crippen LogP contribution in [0.5, 0.6) is 0 Å². The van der Waals surface area contributed by atoms with Gasteiger partial charge in [-0.05, 0) is 36.5 Å². The van der Waals surface area contributed by atoms with E-state index >= 15 is 0 Å². The molecular formula is C16H19N5O3. The molecule has 0 saturated carbocycles. The van der Waals surface area contributed by atoms with Crippen LogP contribution < -0.4 is 5.32 Å². The van der Waals surface area contributed by atoms with E-state index in [0.717, 1.165) is 12.8 Å². The topological polar surface area (TPSA) is 93.3 Å². The van der Waals surface area contributed by atoms with Crippen molar-refractivity contribution in [3.8, 4) is 0 Å². The summed E-state index contributed by atoms with van der Waals surface area (Å²) in [6.45, 7) is 1.41. The number of rotatable bonds is 4. The Morgan fingerprint density at radius 1 is 1.42 bits per heavy atom. The molecule has 2 amide bonds. The first-order chi connectivity index (χ1) is 11.5. The van der Waals surface area contributed by atoms with E-state index in [1.165, 1.54) is 17.7 Å². The molecule has 1 aromatic heterocycles. The normalized spacial score (nSPS) is 17.0. The van der Waals surface area contributed by atoms with Crippen LogP contribution in [0.15, 0.2) is 36.7 Å². The number of nitrogens with zero attached hydrogens (tertiary/aromatic N) is 4. The minimum absolute atomic E-state index is 0.00528. The molecule has 1 aliphatic rings. The Balaban J connectivity index is 1.53. The number of hydrogen-bond donors (Lipinski definition) is 1. The lowest BCUT2D eigenvalue weighted by molar-refractivity contribution is -0.384. The number of amides is 2. The maximum atomic E-state index is 12.3. The first-order valence-electron chi connectivity index (χ1n) is 7.79. The summed E-state index contributed by atoms with van der Waals surface area (Å²) in [4.78, 5) is 24.3. The molecular weight excluding hydrogens is 310 g/mol. The molecule has 3 rings (SSSR count). The van der Waals surface area contributed by atoms with Gasteiger partial charge in [0.1, 0.15) is 0 Å². The minimum atomic E-state index is -0.463. The van der Waals surface area contributed by atoms with Gasteiger partial charge in [-0.25, -0.2) is 4.79 Å². The highest BCUT2D eigenvalue weighted by molar-refractivity contribution is 5.89. The van der Waals surface area contributed by atoms with E-state index in [0.29, 0.717) is 24.7 Å². The smallest absolute Gasteiger partial charge is 0.321 e. The second kappa shape index (κ2) is 6.69. The van der Waals surface area contributed by atoms with Crippen molar-refractivity contribution in [2.75, 3.05) is 18.4 Å². The van der Waals surface area contributed by atoms with Gasteiger partial charge in [0.05, 0.1) is 11.1 Å². The molecule has 0 unspecified atom stereocenters. The zero-order valence-corrected chi connectivity index (χ0v) is 13.4. The molecule has 24 heavy (non-hydrogen) atoms. The molecule has 1 aliphatic heterocycles. The Morgan fingerprint density at radius 3 is 2.79 bits per heavy atom. The summed E-state index contributed by atoms with van der Waals surface area (Å²) in [7, 11) is 1.89. The number of non-ortho nitro benzene ring substituents is 1. The molecule has 0 spiro atoms. The van der Waals surface area contributed by atoms with E-state index < -0.39 is 4.92 Å². The molecule has 1 saturated heterocycles. The van der Waals surface area contributed by atoms with Crippen LogP contribution in [0.3, 0.4) is 0 Å². The van der Waals surface area contributed by atoms with Crippen molar-refractivity contribution in [1.29, 1.82) is 0 Å². The van der Waals surface area contributed by atoms with Crippen molar-refractivity contribution >= 4 is 17.4 Å². The summed E-state index contributed by atoms with van der Waals surface area (Å²) < 4.78 is 1.78.